The molecule has 1 aliphatic heterocycles. The lowest BCUT2D eigenvalue weighted by atomic mass is 10.3. The Hall–Kier alpha value is -0.850. The van der Waals surface area contributed by atoms with E-state index in [1.54, 1.807) is 0 Å². The lowest BCUT2D eigenvalue weighted by Gasteiger charge is -2.26. The number of nitrogens with zero attached hydrogens (tertiary/aromatic N) is 3. The van der Waals surface area contributed by atoms with Crippen LogP contribution in [0.25, 0.3) is 0 Å². The van der Waals surface area contributed by atoms with E-state index < -0.39 is 0 Å². The third-order valence-electron chi connectivity index (χ3n) is 2.45. The molecule has 16 heavy (non-hydrogen) atoms. The molecule has 0 aliphatic carbocycles. The summed E-state index contributed by atoms with van der Waals surface area (Å²) in [5, 5.41) is 0.739. The van der Waals surface area contributed by atoms with Crippen molar-refractivity contribution in [3.05, 3.63) is 11.8 Å². The van der Waals surface area contributed by atoms with Gasteiger partial charge in [-0.3, -0.25) is 4.90 Å². The summed E-state index contributed by atoms with van der Waals surface area (Å²) in [6.45, 7) is 4.34. The minimum atomic E-state index is 0.544. The van der Waals surface area contributed by atoms with Crippen LogP contribution in [0, 0.1) is 0 Å². The van der Waals surface area contributed by atoms with Gasteiger partial charge < -0.3 is 10.5 Å². The lowest BCUT2D eigenvalue weighted by Crippen LogP contribution is -2.35. The normalized spacial score (nSPS) is 17.6. The summed E-state index contributed by atoms with van der Waals surface area (Å²) in [5.41, 5.74) is 6.72. The maximum Gasteiger partial charge on any atom is 0.189 e. The number of thioether (sulfide) groups is 1. The van der Waals surface area contributed by atoms with Crippen molar-refractivity contribution in [2.24, 2.45) is 0 Å². The van der Waals surface area contributed by atoms with Crippen LogP contribution in [0.4, 0.5) is 5.82 Å². The fraction of sp³-hybridized carbons (Fsp3) is 0.600. The van der Waals surface area contributed by atoms with E-state index in [1.165, 1.54) is 11.8 Å². The van der Waals surface area contributed by atoms with Gasteiger partial charge in [-0.1, -0.05) is 11.8 Å². The van der Waals surface area contributed by atoms with Gasteiger partial charge in [0.1, 0.15) is 5.82 Å². The Morgan fingerprint density at radius 1 is 1.44 bits per heavy atom. The number of aromatic nitrogens is 2. The van der Waals surface area contributed by atoms with Gasteiger partial charge >= 0.3 is 0 Å². The summed E-state index contributed by atoms with van der Waals surface area (Å²) in [6.07, 6.45) is 1.95. The van der Waals surface area contributed by atoms with E-state index in [9.17, 15) is 0 Å². The Bertz CT molecular complexity index is 355. The Morgan fingerprint density at radius 3 is 2.88 bits per heavy atom. The molecule has 2 heterocycles. The summed E-state index contributed by atoms with van der Waals surface area (Å²) in [5.74, 6) is 0.544. The van der Waals surface area contributed by atoms with Gasteiger partial charge in [0, 0.05) is 25.7 Å². The highest BCUT2D eigenvalue weighted by molar-refractivity contribution is 7.98. The molecule has 0 bridgehead atoms. The molecule has 1 fully saturated rings. The highest BCUT2D eigenvalue weighted by Crippen LogP contribution is 2.13. The van der Waals surface area contributed by atoms with Crippen LogP contribution in [0.15, 0.2) is 11.2 Å². The van der Waals surface area contributed by atoms with Gasteiger partial charge in [0.05, 0.1) is 18.9 Å². The average Bonchev–Trinajstić information content (AvgIpc) is 2.29. The predicted octanol–water partition coefficient (Wildman–Crippen LogP) is 0.613. The van der Waals surface area contributed by atoms with Crippen LogP contribution in [-0.4, -0.2) is 47.4 Å². The number of hydrogen-bond donors (Lipinski definition) is 1. The maximum atomic E-state index is 5.73. The Kier molecular flexibility index (Phi) is 3.98. The number of morpholine rings is 1. The van der Waals surface area contributed by atoms with Crippen LogP contribution in [0.3, 0.4) is 0 Å². The van der Waals surface area contributed by atoms with Crippen molar-refractivity contribution >= 4 is 17.6 Å². The molecule has 6 heteroatoms. The summed E-state index contributed by atoms with van der Waals surface area (Å²) in [6, 6.07) is 1.84. The minimum absolute atomic E-state index is 0.544. The number of hydrogen-bond acceptors (Lipinski definition) is 6. The SMILES string of the molecule is CSc1nc(N)cc(CN2CCOCC2)n1. The van der Waals surface area contributed by atoms with Crippen molar-refractivity contribution in [2.75, 3.05) is 38.3 Å². The molecular formula is C10H16N4OS. The van der Waals surface area contributed by atoms with Gasteiger partial charge in [0.2, 0.25) is 0 Å². The van der Waals surface area contributed by atoms with Crippen LogP contribution < -0.4 is 5.73 Å². The van der Waals surface area contributed by atoms with Gasteiger partial charge in [0.15, 0.2) is 5.16 Å². The summed E-state index contributed by atoms with van der Waals surface area (Å²) >= 11 is 1.51. The topological polar surface area (TPSA) is 64.3 Å². The minimum Gasteiger partial charge on any atom is -0.384 e. The highest BCUT2D eigenvalue weighted by Gasteiger charge is 2.12. The second-order valence-electron chi connectivity index (χ2n) is 3.66. The second kappa shape index (κ2) is 5.47. The standard InChI is InChI=1S/C10H16N4OS/c1-16-10-12-8(6-9(11)13-10)7-14-2-4-15-5-3-14/h6H,2-5,7H2,1H3,(H2,11,12,13). The molecule has 1 saturated heterocycles. The number of rotatable bonds is 3. The van der Waals surface area contributed by atoms with Gasteiger partial charge in [-0.2, -0.15) is 0 Å². The first kappa shape index (κ1) is 11.6. The first-order valence-electron chi connectivity index (χ1n) is 5.25. The van der Waals surface area contributed by atoms with E-state index in [-0.39, 0.29) is 0 Å². The Labute approximate surface area is 99.4 Å². The van der Waals surface area contributed by atoms with E-state index in [0.29, 0.717) is 5.82 Å². The molecule has 0 atom stereocenters. The fourth-order valence-corrected chi connectivity index (χ4v) is 2.06. The molecule has 0 amide bonds. The Morgan fingerprint density at radius 2 is 2.19 bits per heavy atom. The molecule has 0 saturated carbocycles. The second-order valence-corrected chi connectivity index (χ2v) is 4.43. The van der Waals surface area contributed by atoms with E-state index in [4.69, 9.17) is 10.5 Å². The molecule has 88 valence electrons. The molecule has 1 aromatic heterocycles. The largest absolute Gasteiger partial charge is 0.384 e. The van der Waals surface area contributed by atoms with E-state index in [0.717, 1.165) is 43.7 Å². The van der Waals surface area contributed by atoms with E-state index in [1.807, 2.05) is 12.3 Å². The van der Waals surface area contributed by atoms with Gasteiger partial charge in [0.25, 0.3) is 0 Å². The molecule has 2 N–H and O–H groups in total. The monoisotopic (exact) mass is 240 g/mol. The highest BCUT2D eigenvalue weighted by atomic mass is 32.2. The maximum absolute atomic E-state index is 5.73. The van der Waals surface area contributed by atoms with Crippen LogP contribution in [0.5, 0.6) is 0 Å². The summed E-state index contributed by atoms with van der Waals surface area (Å²) < 4.78 is 5.30. The molecule has 1 aliphatic rings. The zero-order valence-electron chi connectivity index (χ0n) is 9.35. The van der Waals surface area contributed by atoms with Crippen molar-refractivity contribution in [1.29, 1.82) is 0 Å². The number of nitrogens with two attached hydrogens (primary N) is 1. The van der Waals surface area contributed by atoms with E-state index in [2.05, 4.69) is 14.9 Å². The number of nitrogen functional groups attached to an aromatic ring is 1. The molecule has 0 radical (unpaired) electrons. The zero-order valence-corrected chi connectivity index (χ0v) is 10.2. The first-order chi connectivity index (χ1) is 7.78. The van der Waals surface area contributed by atoms with Crippen LogP contribution in [0.1, 0.15) is 5.69 Å². The zero-order chi connectivity index (χ0) is 11.4. The van der Waals surface area contributed by atoms with Crippen LogP contribution in [0.2, 0.25) is 0 Å². The van der Waals surface area contributed by atoms with Gasteiger partial charge in [-0.15, -0.1) is 0 Å². The summed E-state index contributed by atoms with van der Waals surface area (Å²) in [7, 11) is 0. The van der Waals surface area contributed by atoms with Gasteiger partial charge in [-0.05, 0) is 6.26 Å². The molecule has 0 spiro atoms. The van der Waals surface area contributed by atoms with Crippen molar-refractivity contribution in [3.8, 4) is 0 Å². The molecule has 2 rings (SSSR count). The third kappa shape index (κ3) is 3.07. The lowest BCUT2D eigenvalue weighted by molar-refractivity contribution is 0.0335. The molecular weight excluding hydrogens is 224 g/mol. The molecule has 5 nitrogen and oxygen atoms in total. The third-order valence-corrected chi connectivity index (χ3v) is 3.00. The van der Waals surface area contributed by atoms with Crippen molar-refractivity contribution < 1.29 is 4.74 Å². The predicted molar refractivity (Wildman–Crippen MR) is 64.3 cm³/mol. The van der Waals surface area contributed by atoms with Crippen LogP contribution >= 0.6 is 11.8 Å². The number of ether oxygens (including phenoxy) is 1. The van der Waals surface area contributed by atoms with Gasteiger partial charge in [-0.25, -0.2) is 9.97 Å². The van der Waals surface area contributed by atoms with Crippen molar-refractivity contribution in [3.63, 3.8) is 0 Å². The summed E-state index contributed by atoms with van der Waals surface area (Å²) in [4.78, 5) is 10.9. The molecule has 0 aromatic carbocycles. The number of anilines is 1. The van der Waals surface area contributed by atoms with Crippen molar-refractivity contribution in [2.45, 2.75) is 11.7 Å². The quantitative estimate of drug-likeness (QED) is 0.617. The van der Waals surface area contributed by atoms with Crippen molar-refractivity contribution in [1.82, 2.24) is 14.9 Å². The van der Waals surface area contributed by atoms with E-state index >= 15 is 0 Å². The Balaban J connectivity index is 2.04. The molecule has 1 aromatic rings. The van der Waals surface area contributed by atoms with Crippen LogP contribution in [-0.2, 0) is 11.3 Å². The first-order valence-corrected chi connectivity index (χ1v) is 6.48. The average molecular weight is 240 g/mol. The fourth-order valence-electron chi connectivity index (χ4n) is 1.65. The molecule has 0 unspecified atom stereocenters. The smallest absolute Gasteiger partial charge is 0.189 e.